The molecule has 1 N–H and O–H groups in total. The molecule has 0 saturated heterocycles. The maximum atomic E-state index is 10.4. The summed E-state index contributed by atoms with van der Waals surface area (Å²) in [5.41, 5.74) is 1.08. The predicted molar refractivity (Wildman–Crippen MR) is 99.9 cm³/mol. The SMILES string of the molecule is CCCCCN(CCCCC)Cc1c(O)ccc2ccccc12. The molecular weight excluding hydrogens is 282 g/mol. The van der Waals surface area contributed by atoms with Crippen molar-refractivity contribution in [2.45, 2.75) is 58.9 Å². The third-order valence-corrected chi connectivity index (χ3v) is 4.55. The lowest BCUT2D eigenvalue weighted by atomic mass is 10.0. The fourth-order valence-corrected chi connectivity index (χ4v) is 3.15. The van der Waals surface area contributed by atoms with Gasteiger partial charge in [0.15, 0.2) is 0 Å². The summed E-state index contributed by atoms with van der Waals surface area (Å²) in [6.45, 7) is 7.59. The molecule has 0 fully saturated rings. The Labute approximate surface area is 141 Å². The number of hydrogen-bond donors (Lipinski definition) is 1. The molecule has 0 atom stereocenters. The molecule has 0 aromatic heterocycles. The van der Waals surface area contributed by atoms with Crippen LogP contribution in [0.4, 0.5) is 0 Å². The van der Waals surface area contributed by atoms with Crippen molar-refractivity contribution in [1.82, 2.24) is 4.90 Å². The summed E-state index contributed by atoms with van der Waals surface area (Å²) in [6, 6.07) is 12.2. The van der Waals surface area contributed by atoms with Crippen LogP contribution in [0.2, 0.25) is 0 Å². The third kappa shape index (κ3) is 5.24. The quantitative estimate of drug-likeness (QED) is 0.566. The second-order valence-corrected chi connectivity index (χ2v) is 6.47. The molecule has 0 spiro atoms. The van der Waals surface area contributed by atoms with E-state index in [4.69, 9.17) is 0 Å². The summed E-state index contributed by atoms with van der Waals surface area (Å²) in [6.07, 6.45) is 7.56. The van der Waals surface area contributed by atoms with E-state index in [0.717, 1.165) is 25.2 Å². The molecule has 0 saturated carbocycles. The Morgan fingerprint density at radius 3 is 2.13 bits per heavy atom. The van der Waals surface area contributed by atoms with Crippen molar-refractivity contribution in [2.24, 2.45) is 0 Å². The molecule has 0 aliphatic rings. The maximum absolute atomic E-state index is 10.4. The third-order valence-electron chi connectivity index (χ3n) is 4.55. The Morgan fingerprint density at radius 1 is 0.826 bits per heavy atom. The molecular formula is C21H31NO. The van der Waals surface area contributed by atoms with Crippen LogP contribution < -0.4 is 0 Å². The summed E-state index contributed by atoms with van der Waals surface area (Å²) >= 11 is 0. The van der Waals surface area contributed by atoms with E-state index in [0.29, 0.717) is 5.75 Å². The van der Waals surface area contributed by atoms with Crippen LogP contribution in [0.25, 0.3) is 10.8 Å². The fraction of sp³-hybridized carbons (Fsp3) is 0.524. The summed E-state index contributed by atoms with van der Waals surface area (Å²) in [7, 11) is 0. The number of rotatable bonds is 10. The van der Waals surface area contributed by atoms with E-state index < -0.39 is 0 Å². The number of fused-ring (bicyclic) bond motifs is 1. The molecule has 2 aromatic rings. The fourth-order valence-electron chi connectivity index (χ4n) is 3.15. The smallest absolute Gasteiger partial charge is 0.120 e. The molecule has 23 heavy (non-hydrogen) atoms. The topological polar surface area (TPSA) is 23.5 Å². The molecule has 2 aromatic carbocycles. The molecule has 0 unspecified atom stereocenters. The van der Waals surface area contributed by atoms with Crippen LogP contribution in [0.1, 0.15) is 57.9 Å². The Morgan fingerprint density at radius 2 is 1.48 bits per heavy atom. The molecule has 0 radical (unpaired) electrons. The highest BCUT2D eigenvalue weighted by Crippen LogP contribution is 2.28. The molecule has 2 heteroatoms. The Bertz CT molecular complexity index is 583. The number of nitrogens with zero attached hydrogens (tertiary/aromatic N) is 1. The van der Waals surface area contributed by atoms with E-state index in [1.165, 1.54) is 49.3 Å². The number of aromatic hydroxyl groups is 1. The first-order valence-corrected chi connectivity index (χ1v) is 9.18. The van der Waals surface area contributed by atoms with E-state index in [2.05, 4.69) is 43.0 Å². The van der Waals surface area contributed by atoms with Gasteiger partial charge in [0.1, 0.15) is 5.75 Å². The van der Waals surface area contributed by atoms with Gasteiger partial charge in [-0.05, 0) is 42.8 Å². The number of benzene rings is 2. The molecule has 0 amide bonds. The van der Waals surface area contributed by atoms with Gasteiger partial charge in [-0.3, -0.25) is 4.90 Å². The lowest BCUT2D eigenvalue weighted by Crippen LogP contribution is -2.26. The van der Waals surface area contributed by atoms with Gasteiger partial charge in [-0.15, -0.1) is 0 Å². The second-order valence-electron chi connectivity index (χ2n) is 6.47. The largest absolute Gasteiger partial charge is 0.508 e. The van der Waals surface area contributed by atoms with E-state index in [9.17, 15) is 5.11 Å². The zero-order chi connectivity index (χ0) is 16.5. The first-order chi connectivity index (χ1) is 11.3. The van der Waals surface area contributed by atoms with Gasteiger partial charge in [0.05, 0.1) is 0 Å². The van der Waals surface area contributed by atoms with Crippen molar-refractivity contribution in [1.29, 1.82) is 0 Å². The molecule has 0 heterocycles. The van der Waals surface area contributed by atoms with Crippen molar-refractivity contribution in [3.63, 3.8) is 0 Å². The molecule has 0 aliphatic heterocycles. The predicted octanol–water partition coefficient (Wildman–Crippen LogP) is 5.73. The summed E-state index contributed by atoms with van der Waals surface area (Å²) < 4.78 is 0. The normalized spacial score (nSPS) is 11.4. The zero-order valence-electron chi connectivity index (χ0n) is 14.7. The van der Waals surface area contributed by atoms with Gasteiger partial charge < -0.3 is 5.11 Å². The minimum absolute atomic E-state index is 0.430. The van der Waals surface area contributed by atoms with Gasteiger partial charge in [0.25, 0.3) is 0 Å². The minimum atomic E-state index is 0.430. The van der Waals surface area contributed by atoms with Crippen LogP contribution in [-0.2, 0) is 6.54 Å². The van der Waals surface area contributed by atoms with Gasteiger partial charge in [-0.1, -0.05) is 69.9 Å². The number of phenolic OH excluding ortho intramolecular Hbond substituents is 1. The Hall–Kier alpha value is -1.54. The molecule has 2 nitrogen and oxygen atoms in total. The van der Waals surface area contributed by atoms with E-state index in [1.54, 1.807) is 0 Å². The molecule has 126 valence electrons. The highest BCUT2D eigenvalue weighted by molar-refractivity contribution is 5.87. The average Bonchev–Trinajstić information content (AvgIpc) is 2.57. The first-order valence-electron chi connectivity index (χ1n) is 9.18. The van der Waals surface area contributed by atoms with Crippen molar-refractivity contribution >= 4 is 10.8 Å². The maximum Gasteiger partial charge on any atom is 0.120 e. The minimum Gasteiger partial charge on any atom is -0.508 e. The van der Waals surface area contributed by atoms with Crippen molar-refractivity contribution in [3.05, 3.63) is 42.0 Å². The van der Waals surface area contributed by atoms with Crippen LogP contribution in [-0.4, -0.2) is 23.1 Å². The lowest BCUT2D eigenvalue weighted by Gasteiger charge is -2.23. The van der Waals surface area contributed by atoms with E-state index in [1.807, 2.05) is 12.1 Å². The van der Waals surface area contributed by atoms with Gasteiger partial charge in [0, 0.05) is 12.1 Å². The van der Waals surface area contributed by atoms with E-state index >= 15 is 0 Å². The molecule has 0 bridgehead atoms. The molecule has 0 aliphatic carbocycles. The standard InChI is InChI=1S/C21H31NO/c1-3-5-9-15-22(16-10-6-4-2)17-20-19-12-8-7-11-18(19)13-14-21(20)23/h7-8,11-14,23H,3-6,9-10,15-17H2,1-2H3. The van der Waals surface area contributed by atoms with E-state index in [-0.39, 0.29) is 0 Å². The number of unbranched alkanes of at least 4 members (excludes halogenated alkanes) is 4. The number of phenols is 1. The van der Waals surface area contributed by atoms with Crippen LogP contribution in [0.15, 0.2) is 36.4 Å². The second kappa shape index (κ2) is 9.57. The first kappa shape index (κ1) is 17.8. The van der Waals surface area contributed by atoms with Gasteiger partial charge in [0.2, 0.25) is 0 Å². The van der Waals surface area contributed by atoms with Gasteiger partial charge >= 0.3 is 0 Å². The van der Waals surface area contributed by atoms with Crippen LogP contribution in [0.5, 0.6) is 5.75 Å². The summed E-state index contributed by atoms with van der Waals surface area (Å²) in [5, 5.41) is 12.8. The lowest BCUT2D eigenvalue weighted by molar-refractivity contribution is 0.251. The highest BCUT2D eigenvalue weighted by Gasteiger charge is 2.12. The molecule has 2 rings (SSSR count). The van der Waals surface area contributed by atoms with Crippen molar-refractivity contribution in [2.75, 3.05) is 13.1 Å². The van der Waals surface area contributed by atoms with Crippen molar-refractivity contribution in [3.8, 4) is 5.75 Å². The van der Waals surface area contributed by atoms with Crippen LogP contribution >= 0.6 is 0 Å². The van der Waals surface area contributed by atoms with Crippen LogP contribution in [0.3, 0.4) is 0 Å². The number of hydrogen-bond acceptors (Lipinski definition) is 2. The van der Waals surface area contributed by atoms with Gasteiger partial charge in [-0.2, -0.15) is 0 Å². The zero-order valence-corrected chi connectivity index (χ0v) is 14.7. The van der Waals surface area contributed by atoms with Crippen LogP contribution in [0, 0.1) is 0 Å². The average molecular weight is 313 g/mol. The summed E-state index contributed by atoms with van der Waals surface area (Å²) in [4.78, 5) is 2.52. The van der Waals surface area contributed by atoms with Crippen molar-refractivity contribution < 1.29 is 5.11 Å². The Kier molecular flexibility index (Phi) is 7.41. The highest BCUT2D eigenvalue weighted by atomic mass is 16.3. The van der Waals surface area contributed by atoms with Gasteiger partial charge in [-0.25, -0.2) is 0 Å². The monoisotopic (exact) mass is 313 g/mol. The summed E-state index contributed by atoms with van der Waals surface area (Å²) in [5.74, 6) is 0.430. The Balaban J connectivity index is 2.15.